The molecule has 1 saturated heterocycles. The third-order valence-electron chi connectivity index (χ3n) is 5.55. The molecule has 1 aromatic carbocycles. The maximum Gasteiger partial charge on any atom is 0.409 e. The van der Waals surface area contributed by atoms with Gasteiger partial charge in [-0.15, -0.1) is 0 Å². The molecule has 0 spiro atoms. The molecule has 12 heteroatoms. The van der Waals surface area contributed by atoms with Gasteiger partial charge < -0.3 is 19.9 Å². The van der Waals surface area contributed by atoms with Gasteiger partial charge in [-0.1, -0.05) is 12.1 Å². The third-order valence-corrected chi connectivity index (χ3v) is 6.99. The average molecular weight is 476 g/mol. The van der Waals surface area contributed by atoms with Crippen LogP contribution in [0.5, 0.6) is 0 Å². The third kappa shape index (κ3) is 4.70. The normalized spacial score (nSPS) is 16.9. The van der Waals surface area contributed by atoms with E-state index >= 15 is 0 Å². The van der Waals surface area contributed by atoms with E-state index in [0.29, 0.717) is 16.9 Å². The zero-order valence-electron chi connectivity index (χ0n) is 18.4. The van der Waals surface area contributed by atoms with Crippen molar-refractivity contribution in [3.05, 3.63) is 41.1 Å². The minimum absolute atomic E-state index is 0.181. The van der Waals surface area contributed by atoms with Gasteiger partial charge in [-0.25, -0.2) is 17.9 Å². The number of benzene rings is 1. The molecule has 3 heterocycles. The summed E-state index contributed by atoms with van der Waals surface area (Å²) >= 11 is 0. The summed E-state index contributed by atoms with van der Waals surface area (Å²) in [6.07, 6.45) is -0.451. The van der Waals surface area contributed by atoms with E-state index in [9.17, 15) is 22.8 Å². The van der Waals surface area contributed by atoms with Gasteiger partial charge in [0.15, 0.2) is 9.84 Å². The monoisotopic (exact) mass is 475 g/mol. The number of amides is 3. The lowest BCUT2D eigenvalue weighted by molar-refractivity contribution is -0.144. The number of aromatic nitrogens is 2. The Hall–Kier alpha value is -3.41. The van der Waals surface area contributed by atoms with Gasteiger partial charge in [0, 0.05) is 31.7 Å². The lowest BCUT2D eigenvalue weighted by atomic mass is 10.2. The zero-order valence-corrected chi connectivity index (χ0v) is 19.2. The summed E-state index contributed by atoms with van der Waals surface area (Å²) in [6, 6.07) is 7.37. The highest BCUT2D eigenvalue weighted by atomic mass is 32.2. The van der Waals surface area contributed by atoms with Gasteiger partial charge >= 0.3 is 17.9 Å². The molecule has 0 aliphatic carbocycles. The number of ether oxygens (including phenoxy) is 1. The maximum atomic E-state index is 12.8. The van der Waals surface area contributed by atoms with Crippen LogP contribution in [-0.4, -0.2) is 78.7 Å². The van der Waals surface area contributed by atoms with Crippen LogP contribution in [0.15, 0.2) is 24.3 Å². The quantitative estimate of drug-likeness (QED) is 0.651. The highest BCUT2D eigenvalue weighted by molar-refractivity contribution is 7.90. The van der Waals surface area contributed by atoms with Gasteiger partial charge in [0.05, 0.1) is 29.5 Å². The molecule has 1 fully saturated rings. The molecule has 0 radical (unpaired) electrons. The van der Waals surface area contributed by atoms with Crippen LogP contribution in [0.3, 0.4) is 0 Å². The fraction of sp³-hybridized carbons (Fsp3) is 0.429. The Morgan fingerprint density at radius 1 is 1.09 bits per heavy atom. The van der Waals surface area contributed by atoms with Gasteiger partial charge in [-0.05, 0) is 31.5 Å². The molecule has 3 amide bonds. The second-order valence-corrected chi connectivity index (χ2v) is 10.1. The Balaban J connectivity index is 1.53. The van der Waals surface area contributed by atoms with E-state index in [1.54, 1.807) is 13.0 Å². The molecule has 0 unspecified atom stereocenters. The lowest BCUT2D eigenvalue weighted by Gasteiger charge is -2.33. The standard InChI is InChI=1S/C21H25N5O6S/c1-3-32-21(29)25-9-7-24(8-10-25)20(28)19(27)22-18-16-12-33(30,31)13-17(16)23-26(18)15-6-4-5-14(2)11-15/h4-6,11H,3,7-10,12-13H2,1-2H3,(H,22,27). The molecule has 11 nitrogen and oxygen atoms in total. The molecule has 2 aliphatic rings. The number of fused-ring (bicyclic) bond motifs is 1. The van der Waals surface area contributed by atoms with E-state index in [4.69, 9.17) is 4.74 Å². The van der Waals surface area contributed by atoms with Crippen LogP contribution in [0, 0.1) is 6.92 Å². The number of nitrogens with zero attached hydrogens (tertiary/aromatic N) is 4. The molecule has 176 valence electrons. The molecule has 0 bridgehead atoms. The number of piperazine rings is 1. The minimum atomic E-state index is -3.36. The summed E-state index contributed by atoms with van der Waals surface area (Å²) in [5.41, 5.74) is 2.36. The van der Waals surface area contributed by atoms with E-state index in [-0.39, 0.29) is 50.1 Å². The number of rotatable bonds is 3. The molecule has 2 aliphatic heterocycles. The van der Waals surface area contributed by atoms with Crippen molar-refractivity contribution in [3.8, 4) is 5.69 Å². The van der Waals surface area contributed by atoms with E-state index in [1.807, 2.05) is 25.1 Å². The fourth-order valence-electron chi connectivity index (χ4n) is 3.93. The Kier molecular flexibility index (Phi) is 6.11. The number of anilines is 1. The van der Waals surface area contributed by atoms with Crippen molar-refractivity contribution in [1.82, 2.24) is 19.6 Å². The summed E-state index contributed by atoms with van der Waals surface area (Å²) in [7, 11) is -3.36. The first-order valence-corrected chi connectivity index (χ1v) is 12.4. The molecular weight excluding hydrogens is 450 g/mol. The average Bonchev–Trinajstić information content (AvgIpc) is 3.25. The van der Waals surface area contributed by atoms with Crippen LogP contribution in [0.25, 0.3) is 5.69 Å². The van der Waals surface area contributed by atoms with Crippen molar-refractivity contribution in [1.29, 1.82) is 0 Å². The van der Waals surface area contributed by atoms with Crippen LogP contribution in [0.1, 0.15) is 23.7 Å². The zero-order chi connectivity index (χ0) is 23.8. The number of aryl methyl sites for hydroxylation is 1. The second kappa shape index (κ2) is 8.85. The predicted octanol–water partition coefficient (Wildman–Crippen LogP) is 0.848. The highest BCUT2D eigenvalue weighted by Crippen LogP contribution is 2.33. The van der Waals surface area contributed by atoms with Crippen LogP contribution < -0.4 is 5.32 Å². The van der Waals surface area contributed by atoms with Gasteiger partial charge in [-0.3, -0.25) is 9.59 Å². The Labute approximate surface area is 191 Å². The summed E-state index contributed by atoms with van der Waals surface area (Å²) in [4.78, 5) is 40.3. The van der Waals surface area contributed by atoms with Crippen molar-refractivity contribution >= 4 is 33.6 Å². The lowest BCUT2D eigenvalue weighted by Crippen LogP contribution is -2.53. The summed E-state index contributed by atoms with van der Waals surface area (Å²) in [5, 5.41) is 7.01. The predicted molar refractivity (Wildman–Crippen MR) is 118 cm³/mol. The Bertz CT molecular complexity index is 1210. The van der Waals surface area contributed by atoms with E-state index in [0.717, 1.165) is 5.56 Å². The number of nitrogens with one attached hydrogen (secondary N) is 1. The number of hydrogen-bond acceptors (Lipinski definition) is 7. The molecule has 2 aromatic rings. The fourth-order valence-corrected chi connectivity index (χ4v) is 5.42. The van der Waals surface area contributed by atoms with Gasteiger partial charge in [0.25, 0.3) is 0 Å². The Morgan fingerprint density at radius 3 is 2.45 bits per heavy atom. The summed E-state index contributed by atoms with van der Waals surface area (Å²) in [6.45, 7) is 4.77. The maximum absolute atomic E-state index is 12.8. The molecule has 1 N–H and O–H groups in total. The molecule has 0 atom stereocenters. The van der Waals surface area contributed by atoms with Crippen LogP contribution in [0.4, 0.5) is 10.6 Å². The first-order chi connectivity index (χ1) is 15.7. The van der Waals surface area contributed by atoms with Crippen molar-refractivity contribution in [3.63, 3.8) is 0 Å². The van der Waals surface area contributed by atoms with E-state index in [1.165, 1.54) is 14.5 Å². The Morgan fingerprint density at radius 2 is 1.79 bits per heavy atom. The minimum Gasteiger partial charge on any atom is -0.450 e. The van der Waals surface area contributed by atoms with Crippen molar-refractivity contribution < 1.29 is 27.5 Å². The molecule has 0 saturated carbocycles. The van der Waals surface area contributed by atoms with Crippen LogP contribution in [-0.2, 0) is 35.7 Å². The second-order valence-electron chi connectivity index (χ2n) is 7.99. The van der Waals surface area contributed by atoms with E-state index in [2.05, 4.69) is 10.4 Å². The largest absolute Gasteiger partial charge is 0.450 e. The molecule has 4 rings (SSSR count). The first-order valence-electron chi connectivity index (χ1n) is 10.6. The SMILES string of the molecule is CCOC(=O)N1CCN(C(=O)C(=O)Nc2c3c(nn2-c2cccc(C)c2)CS(=O)(=O)C3)CC1. The van der Waals surface area contributed by atoms with E-state index < -0.39 is 27.7 Å². The summed E-state index contributed by atoms with van der Waals surface area (Å²) < 4.78 is 30.7. The van der Waals surface area contributed by atoms with Crippen molar-refractivity contribution in [2.75, 3.05) is 38.1 Å². The molecular formula is C21H25N5O6S. The van der Waals surface area contributed by atoms with Crippen LogP contribution >= 0.6 is 0 Å². The van der Waals surface area contributed by atoms with Crippen molar-refractivity contribution in [2.24, 2.45) is 0 Å². The highest BCUT2D eigenvalue weighted by Gasteiger charge is 2.35. The summed E-state index contributed by atoms with van der Waals surface area (Å²) in [5.74, 6) is -1.94. The number of carbonyl (C=O) groups is 3. The number of hydrogen-bond donors (Lipinski definition) is 1. The van der Waals surface area contributed by atoms with Crippen LogP contribution in [0.2, 0.25) is 0 Å². The topological polar surface area (TPSA) is 131 Å². The number of carbonyl (C=O) groups excluding carboxylic acids is 3. The van der Waals surface area contributed by atoms with Crippen molar-refractivity contribution in [2.45, 2.75) is 25.4 Å². The smallest absolute Gasteiger partial charge is 0.409 e. The van der Waals surface area contributed by atoms with Gasteiger partial charge in [0.2, 0.25) is 0 Å². The molecule has 1 aromatic heterocycles. The first kappa shape index (κ1) is 22.8. The molecule has 33 heavy (non-hydrogen) atoms. The number of sulfone groups is 1. The van der Waals surface area contributed by atoms with Gasteiger partial charge in [-0.2, -0.15) is 5.10 Å². The van der Waals surface area contributed by atoms with Gasteiger partial charge in [0.1, 0.15) is 5.82 Å².